The van der Waals surface area contributed by atoms with Gasteiger partial charge in [-0.3, -0.25) is 9.69 Å². The van der Waals surface area contributed by atoms with E-state index in [0.717, 1.165) is 12.3 Å². The van der Waals surface area contributed by atoms with Crippen molar-refractivity contribution in [1.29, 1.82) is 0 Å². The lowest BCUT2D eigenvalue weighted by Crippen LogP contribution is -2.38. The minimum absolute atomic E-state index is 0.0567. The maximum absolute atomic E-state index is 13.5. The van der Waals surface area contributed by atoms with Gasteiger partial charge in [-0.1, -0.05) is 6.58 Å². The van der Waals surface area contributed by atoms with E-state index in [1.165, 1.54) is 6.07 Å². The smallest absolute Gasteiger partial charge is 0.414 e. The molecule has 0 saturated carbocycles. The molecule has 1 fully saturated rings. The summed E-state index contributed by atoms with van der Waals surface area (Å²) in [4.78, 5) is 27.1. The van der Waals surface area contributed by atoms with E-state index in [1.54, 1.807) is 4.90 Å². The molecule has 24 heavy (non-hydrogen) atoms. The standard InChI is InChI=1S/C16H19F2N3O3/c1-2-24-16(23)21-7-3-6-20(8-9-21)11-15(22)19-14-5-4-12(17)10-13(14)18/h2,4-5,10H,1,3,6-9,11H2,(H,19,22). The van der Waals surface area contributed by atoms with E-state index in [-0.39, 0.29) is 12.2 Å². The molecule has 6 nitrogen and oxygen atoms in total. The highest BCUT2D eigenvalue weighted by Gasteiger charge is 2.21. The molecule has 0 aromatic heterocycles. The van der Waals surface area contributed by atoms with Gasteiger partial charge in [-0.2, -0.15) is 0 Å². The van der Waals surface area contributed by atoms with Gasteiger partial charge >= 0.3 is 6.09 Å². The Balaban J connectivity index is 1.85. The van der Waals surface area contributed by atoms with Crippen molar-refractivity contribution in [3.8, 4) is 0 Å². The number of ether oxygens (including phenoxy) is 1. The molecule has 8 heteroatoms. The number of carbonyl (C=O) groups excluding carboxylic acids is 2. The van der Waals surface area contributed by atoms with Gasteiger partial charge in [0.2, 0.25) is 5.91 Å². The molecule has 1 aliphatic heterocycles. The third kappa shape index (κ3) is 5.02. The molecule has 1 aliphatic rings. The van der Waals surface area contributed by atoms with Crippen molar-refractivity contribution >= 4 is 17.7 Å². The summed E-state index contributed by atoms with van der Waals surface area (Å²) < 4.78 is 31.1. The van der Waals surface area contributed by atoms with E-state index in [2.05, 4.69) is 11.9 Å². The molecule has 0 unspecified atom stereocenters. The Morgan fingerprint density at radius 2 is 2.04 bits per heavy atom. The molecule has 130 valence electrons. The summed E-state index contributed by atoms with van der Waals surface area (Å²) in [5.74, 6) is -1.93. The second-order valence-electron chi connectivity index (χ2n) is 5.34. The van der Waals surface area contributed by atoms with Crippen molar-refractivity contribution in [2.75, 3.05) is 38.0 Å². The molecule has 1 aromatic carbocycles. The first-order valence-electron chi connectivity index (χ1n) is 7.53. The summed E-state index contributed by atoms with van der Waals surface area (Å²) in [6, 6.07) is 2.97. The van der Waals surface area contributed by atoms with Crippen LogP contribution in [0.5, 0.6) is 0 Å². The van der Waals surface area contributed by atoms with Crippen LogP contribution >= 0.6 is 0 Å². The van der Waals surface area contributed by atoms with Gasteiger partial charge in [0.05, 0.1) is 18.5 Å². The number of hydrogen-bond acceptors (Lipinski definition) is 4. The van der Waals surface area contributed by atoms with Gasteiger partial charge in [0.1, 0.15) is 11.6 Å². The second-order valence-corrected chi connectivity index (χ2v) is 5.34. The highest BCUT2D eigenvalue weighted by Crippen LogP contribution is 2.15. The quantitative estimate of drug-likeness (QED) is 0.854. The van der Waals surface area contributed by atoms with Crippen LogP contribution in [0.3, 0.4) is 0 Å². The maximum Gasteiger partial charge on any atom is 0.414 e. The van der Waals surface area contributed by atoms with Gasteiger partial charge in [0.15, 0.2) is 0 Å². The lowest BCUT2D eigenvalue weighted by atomic mass is 10.3. The minimum atomic E-state index is -0.822. The van der Waals surface area contributed by atoms with Crippen molar-refractivity contribution in [1.82, 2.24) is 9.80 Å². The number of nitrogens with one attached hydrogen (secondary N) is 1. The zero-order valence-electron chi connectivity index (χ0n) is 13.1. The average molecular weight is 339 g/mol. The summed E-state index contributed by atoms with van der Waals surface area (Å²) >= 11 is 0. The molecule has 0 atom stereocenters. The number of amides is 2. The summed E-state index contributed by atoms with van der Waals surface area (Å²) in [5.41, 5.74) is -0.0626. The Hall–Kier alpha value is -2.48. The molecular weight excluding hydrogens is 320 g/mol. The van der Waals surface area contributed by atoms with E-state index in [9.17, 15) is 18.4 Å². The first-order valence-corrected chi connectivity index (χ1v) is 7.53. The first kappa shape index (κ1) is 17.9. The van der Waals surface area contributed by atoms with E-state index >= 15 is 0 Å². The number of anilines is 1. The molecular formula is C16H19F2N3O3. The average Bonchev–Trinajstić information content (AvgIpc) is 2.76. The molecule has 1 saturated heterocycles. The van der Waals surface area contributed by atoms with E-state index in [1.807, 2.05) is 4.90 Å². The monoisotopic (exact) mass is 339 g/mol. The van der Waals surface area contributed by atoms with Crippen LogP contribution < -0.4 is 5.32 Å². The largest absolute Gasteiger partial charge is 0.419 e. The topological polar surface area (TPSA) is 61.9 Å². The van der Waals surface area contributed by atoms with Crippen LogP contribution in [0.15, 0.2) is 31.0 Å². The van der Waals surface area contributed by atoms with Gasteiger partial charge in [0, 0.05) is 32.2 Å². The number of carbonyl (C=O) groups is 2. The number of benzene rings is 1. The number of hydrogen-bond donors (Lipinski definition) is 1. The molecule has 0 aliphatic carbocycles. The number of halogens is 2. The Morgan fingerprint density at radius 3 is 2.75 bits per heavy atom. The number of rotatable bonds is 4. The molecule has 0 radical (unpaired) electrons. The molecule has 1 N–H and O–H groups in total. The highest BCUT2D eigenvalue weighted by atomic mass is 19.1. The van der Waals surface area contributed by atoms with Gasteiger partial charge in [-0.05, 0) is 18.6 Å². The van der Waals surface area contributed by atoms with Crippen LogP contribution in [0.1, 0.15) is 6.42 Å². The van der Waals surface area contributed by atoms with Crippen LogP contribution in [-0.2, 0) is 9.53 Å². The fourth-order valence-electron chi connectivity index (χ4n) is 2.44. The van der Waals surface area contributed by atoms with E-state index in [0.29, 0.717) is 38.7 Å². The summed E-state index contributed by atoms with van der Waals surface area (Å²) in [6.07, 6.45) is 1.30. The zero-order chi connectivity index (χ0) is 17.5. The van der Waals surface area contributed by atoms with Crippen molar-refractivity contribution in [3.05, 3.63) is 42.7 Å². The van der Waals surface area contributed by atoms with Crippen LogP contribution in [0.2, 0.25) is 0 Å². The zero-order valence-corrected chi connectivity index (χ0v) is 13.1. The molecule has 2 amide bonds. The molecule has 0 spiro atoms. The summed E-state index contributed by atoms with van der Waals surface area (Å²) in [5, 5.41) is 2.42. The van der Waals surface area contributed by atoms with Crippen LogP contribution in [0, 0.1) is 11.6 Å². The van der Waals surface area contributed by atoms with Crippen LogP contribution in [0.4, 0.5) is 19.3 Å². The van der Waals surface area contributed by atoms with Crippen LogP contribution in [-0.4, -0.2) is 54.5 Å². The molecule has 1 aromatic rings. The van der Waals surface area contributed by atoms with Gasteiger partial charge in [-0.15, -0.1) is 0 Å². The predicted octanol–water partition coefficient (Wildman–Crippen LogP) is 2.19. The fraction of sp³-hybridized carbons (Fsp3) is 0.375. The van der Waals surface area contributed by atoms with Crippen molar-refractivity contribution in [2.45, 2.75) is 6.42 Å². The Labute approximate surface area is 138 Å². The van der Waals surface area contributed by atoms with Gasteiger partial charge < -0.3 is 15.0 Å². The second kappa shape index (κ2) is 8.39. The highest BCUT2D eigenvalue weighted by molar-refractivity contribution is 5.92. The fourth-order valence-corrected chi connectivity index (χ4v) is 2.44. The Kier molecular flexibility index (Phi) is 6.25. The lowest BCUT2D eigenvalue weighted by Gasteiger charge is -2.20. The third-order valence-electron chi connectivity index (χ3n) is 3.60. The van der Waals surface area contributed by atoms with E-state index < -0.39 is 23.6 Å². The lowest BCUT2D eigenvalue weighted by molar-refractivity contribution is -0.117. The normalized spacial score (nSPS) is 15.5. The van der Waals surface area contributed by atoms with Crippen molar-refractivity contribution < 1.29 is 23.1 Å². The van der Waals surface area contributed by atoms with Crippen molar-refractivity contribution in [3.63, 3.8) is 0 Å². The third-order valence-corrected chi connectivity index (χ3v) is 3.60. The number of nitrogens with zero attached hydrogens (tertiary/aromatic N) is 2. The predicted molar refractivity (Wildman–Crippen MR) is 84.3 cm³/mol. The van der Waals surface area contributed by atoms with Gasteiger partial charge in [-0.25, -0.2) is 13.6 Å². The van der Waals surface area contributed by atoms with E-state index in [4.69, 9.17) is 4.74 Å². The minimum Gasteiger partial charge on any atom is -0.419 e. The molecule has 2 rings (SSSR count). The molecule has 1 heterocycles. The SMILES string of the molecule is C=COC(=O)N1CCCN(CC(=O)Nc2ccc(F)cc2F)CC1. The Morgan fingerprint density at radius 1 is 1.25 bits per heavy atom. The Bertz CT molecular complexity index is 625. The summed E-state index contributed by atoms with van der Waals surface area (Å²) in [6.45, 7) is 5.46. The van der Waals surface area contributed by atoms with Gasteiger partial charge in [0.25, 0.3) is 0 Å². The molecule has 0 bridgehead atoms. The maximum atomic E-state index is 13.5. The summed E-state index contributed by atoms with van der Waals surface area (Å²) in [7, 11) is 0. The van der Waals surface area contributed by atoms with Crippen molar-refractivity contribution in [2.24, 2.45) is 0 Å². The van der Waals surface area contributed by atoms with Crippen LogP contribution in [0.25, 0.3) is 0 Å². The first-order chi connectivity index (χ1) is 11.5.